The van der Waals surface area contributed by atoms with Gasteiger partial charge in [-0.3, -0.25) is 9.29 Å². The SMILES string of the molecule is O=S(=O)(Nc1ccc2c(c1)nc(-c1ccccc1)n2-c1ccccc1)c1ccc(Cl)cc1. The second kappa shape index (κ2) is 8.15. The first kappa shape index (κ1) is 20.3. The Hall–Kier alpha value is -3.61. The van der Waals surface area contributed by atoms with E-state index in [1.807, 2.05) is 66.7 Å². The van der Waals surface area contributed by atoms with Crippen LogP contribution in [0.2, 0.25) is 5.02 Å². The van der Waals surface area contributed by atoms with Gasteiger partial charge < -0.3 is 0 Å². The fraction of sp³-hybridized carbons (Fsp3) is 0. The Morgan fingerprint density at radius 1 is 0.781 bits per heavy atom. The van der Waals surface area contributed by atoms with Crippen LogP contribution in [-0.2, 0) is 10.0 Å². The summed E-state index contributed by atoms with van der Waals surface area (Å²) in [6.07, 6.45) is 0. The topological polar surface area (TPSA) is 64.0 Å². The van der Waals surface area contributed by atoms with Gasteiger partial charge in [-0.25, -0.2) is 13.4 Å². The number of benzene rings is 4. The largest absolute Gasteiger partial charge is 0.292 e. The molecule has 0 spiro atoms. The molecule has 1 heterocycles. The van der Waals surface area contributed by atoms with Crippen molar-refractivity contribution in [2.75, 3.05) is 4.72 Å². The lowest BCUT2D eigenvalue weighted by atomic mass is 10.2. The highest BCUT2D eigenvalue weighted by atomic mass is 35.5. The summed E-state index contributed by atoms with van der Waals surface area (Å²) >= 11 is 5.88. The maximum Gasteiger partial charge on any atom is 0.261 e. The van der Waals surface area contributed by atoms with Gasteiger partial charge in [-0.2, -0.15) is 0 Å². The molecule has 0 bridgehead atoms. The van der Waals surface area contributed by atoms with Crippen molar-refractivity contribution in [1.82, 2.24) is 9.55 Å². The van der Waals surface area contributed by atoms with Gasteiger partial charge in [-0.05, 0) is 54.6 Å². The van der Waals surface area contributed by atoms with Crippen molar-refractivity contribution in [2.45, 2.75) is 4.90 Å². The van der Waals surface area contributed by atoms with Crippen molar-refractivity contribution in [1.29, 1.82) is 0 Å². The zero-order valence-corrected chi connectivity index (χ0v) is 18.4. The molecular formula is C25H18ClN3O2S. The fourth-order valence-electron chi connectivity index (χ4n) is 3.59. The summed E-state index contributed by atoms with van der Waals surface area (Å²) in [5, 5.41) is 0.477. The molecule has 0 amide bonds. The third kappa shape index (κ3) is 3.86. The van der Waals surface area contributed by atoms with Crippen LogP contribution >= 0.6 is 11.6 Å². The third-order valence-corrected chi connectivity index (χ3v) is 6.73. The first-order chi connectivity index (χ1) is 15.5. The predicted octanol–water partition coefficient (Wildman–Crippen LogP) is 6.15. The molecule has 0 saturated heterocycles. The molecule has 5 nitrogen and oxygen atoms in total. The van der Waals surface area contributed by atoms with E-state index in [-0.39, 0.29) is 4.90 Å². The first-order valence-corrected chi connectivity index (χ1v) is 11.8. The van der Waals surface area contributed by atoms with Crippen molar-refractivity contribution in [3.05, 3.63) is 108 Å². The Morgan fingerprint density at radius 2 is 1.44 bits per heavy atom. The van der Waals surface area contributed by atoms with E-state index in [2.05, 4.69) is 9.29 Å². The quantitative estimate of drug-likeness (QED) is 0.343. The van der Waals surface area contributed by atoms with Crippen LogP contribution in [0, 0.1) is 0 Å². The Bertz CT molecular complexity index is 1500. The molecule has 0 radical (unpaired) electrons. The Morgan fingerprint density at radius 3 is 2.12 bits per heavy atom. The van der Waals surface area contributed by atoms with Gasteiger partial charge in [-0.1, -0.05) is 60.1 Å². The predicted molar refractivity (Wildman–Crippen MR) is 129 cm³/mol. The molecule has 0 aliphatic heterocycles. The summed E-state index contributed by atoms with van der Waals surface area (Å²) in [6, 6.07) is 31.3. The zero-order chi connectivity index (χ0) is 22.1. The summed E-state index contributed by atoms with van der Waals surface area (Å²) in [5.74, 6) is 0.782. The molecule has 5 rings (SSSR count). The van der Waals surface area contributed by atoms with Crippen LogP contribution in [0.1, 0.15) is 0 Å². The van der Waals surface area contributed by atoms with Crippen molar-refractivity contribution in [3.63, 3.8) is 0 Å². The number of fused-ring (bicyclic) bond motifs is 1. The van der Waals surface area contributed by atoms with E-state index in [1.54, 1.807) is 24.3 Å². The lowest BCUT2D eigenvalue weighted by molar-refractivity contribution is 0.601. The standard InChI is InChI=1S/C25H18ClN3O2S/c26-19-11-14-22(15-12-19)32(30,31)28-20-13-16-24-23(17-20)27-25(18-7-3-1-4-8-18)29(24)21-9-5-2-6-10-21/h1-17,28H. The number of para-hydroxylation sites is 1. The van der Waals surface area contributed by atoms with Crippen molar-refractivity contribution >= 4 is 38.3 Å². The van der Waals surface area contributed by atoms with E-state index in [9.17, 15) is 8.42 Å². The van der Waals surface area contributed by atoms with Crippen LogP contribution in [-0.4, -0.2) is 18.0 Å². The first-order valence-electron chi connectivity index (χ1n) is 9.93. The Labute approximate surface area is 191 Å². The van der Waals surface area contributed by atoms with Crippen LogP contribution in [0.4, 0.5) is 5.69 Å². The van der Waals surface area contributed by atoms with E-state index < -0.39 is 10.0 Å². The number of sulfonamides is 1. The fourth-order valence-corrected chi connectivity index (χ4v) is 4.77. The zero-order valence-electron chi connectivity index (χ0n) is 16.8. The molecule has 4 aromatic carbocycles. The number of hydrogen-bond acceptors (Lipinski definition) is 3. The van der Waals surface area contributed by atoms with Crippen LogP contribution < -0.4 is 4.72 Å². The average Bonchev–Trinajstić information content (AvgIpc) is 3.19. The minimum atomic E-state index is -3.75. The number of halogens is 1. The van der Waals surface area contributed by atoms with Crippen LogP contribution in [0.15, 0.2) is 108 Å². The summed E-state index contributed by atoms with van der Waals surface area (Å²) in [7, 11) is -3.75. The van der Waals surface area contributed by atoms with Gasteiger partial charge in [-0.15, -0.1) is 0 Å². The van der Waals surface area contributed by atoms with Gasteiger partial charge in [0, 0.05) is 16.3 Å². The van der Waals surface area contributed by atoms with Gasteiger partial charge in [0.25, 0.3) is 10.0 Å². The van der Waals surface area contributed by atoms with Crippen molar-refractivity contribution in [2.24, 2.45) is 0 Å². The van der Waals surface area contributed by atoms with E-state index in [0.29, 0.717) is 16.2 Å². The van der Waals surface area contributed by atoms with Crippen molar-refractivity contribution in [3.8, 4) is 17.1 Å². The van der Waals surface area contributed by atoms with Gasteiger partial charge in [0.05, 0.1) is 21.6 Å². The molecule has 7 heteroatoms. The molecule has 0 aliphatic rings. The molecule has 0 aliphatic carbocycles. The molecule has 0 saturated carbocycles. The normalized spacial score (nSPS) is 11.5. The molecule has 5 aromatic rings. The molecule has 0 atom stereocenters. The number of nitrogens with zero attached hydrogens (tertiary/aromatic N) is 2. The average molecular weight is 460 g/mol. The number of aromatic nitrogens is 2. The number of nitrogens with one attached hydrogen (secondary N) is 1. The second-order valence-corrected chi connectivity index (χ2v) is 9.35. The number of hydrogen-bond donors (Lipinski definition) is 1. The lowest BCUT2D eigenvalue weighted by Crippen LogP contribution is -2.12. The van der Waals surface area contributed by atoms with Crippen molar-refractivity contribution < 1.29 is 8.42 Å². The van der Waals surface area contributed by atoms with Gasteiger partial charge in [0.2, 0.25) is 0 Å². The summed E-state index contributed by atoms with van der Waals surface area (Å²) < 4.78 is 30.3. The van der Waals surface area contributed by atoms with E-state index in [4.69, 9.17) is 16.6 Å². The monoisotopic (exact) mass is 459 g/mol. The Balaban J connectivity index is 1.61. The molecule has 32 heavy (non-hydrogen) atoms. The molecule has 0 fully saturated rings. The number of rotatable bonds is 5. The highest BCUT2D eigenvalue weighted by Gasteiger charge is 2.17. The molecule has 1 aromatic heterocycles. The number of anilines is 1. The Kier molecular flexibility index (Phi) is 5.17. The maximum absolute atomic E-state index is 12.8. The van der Waals surface area contributed by atoms with Gasteiger partial charge in [0.1, 0.15) is 5.82 Å². The summed E-state index contributed by atoms with van der Waals surface area (Å²) in [5.41, 5.74) is 3.94. The van der Waals surface area contributed by atoms with Crippen LogP contribution in [0.25, 0.3) is 28.1 Å². The maximum atomic E-state index is 12.8. The molecule has 1 N–H and O–H groups in total. The van der Waals surface area contributed by atoms with Crippen LogP contribution in [0.3, 0.4) is 0 Å². The minimum absolute atomic E-state index is 0.141. The smallest absolute Gasteiger partial charge is 0.261 e. The summed E-state index contributed by atoms with van der Waals surface area (Å²) in [4.78, 5) is 4.99. The van der Waals surface area contributed by atoms with E-state index in [0.717, 1.165) is 22.6 Å². The lowest BCUT2D eigenvalue weighted by Gasteiger charge is -2.10. The molecule has 0 unspecified atom stereocenters. The van der Waals surface area contributed by atoms with Gasteiger partial charge in [0.15, 0.2) is 0 Å². The minimum Gasteiger partial charge on any atom is -0.292 e. The van der Waals surface area contributed by atoms with E-state index in [1.165, 1.54) is 12.1 Å². The summed E-state index contributed by atoms with van der Waals surface area (Å²) in [6.45, 7) is 0. The second-order valence-electron chi connectivity index (χ2n) is 7.24. The highest BCUT2D eigenvalue weighted by Crippen LogP contribution is 2.30. The van der Waals surface area contributed by atoms with E-state index >= 15 is 0 Å². The van der Waals surface area contributed by atoms with Crippen LogP contribution in [0.5, 0.6) is 0 Å². The molecule has 158 valence electrons. The third-order valence-electron chi connectivity index (χ3n) is 5.08. The van der Waals surface area contributed by atoms with Gasteiger partial charge >= 0.3 is 0 Å². The molecular weight excluding hydrogens is 442 g/mol. The number of imidazole rings is 1. The highest BCUT2D eigenvalue weighted by molar-refractivity contribution is 7.92.